The SMILES string of the molecule is Cc1cccc(-n2cc(-c3nc4c([nH]3)c(-c3cccnc3)nn4C)cn2)c1. The first-order chi connectivity index (χ1) is 13.2. The van der Waals surface area contributed by atoms with Gasteiger partial charge in [-0.3, -0.25) is 4.98 Å². The molecule has 0 amide bonds. The highest BCUT2D eigenvalue weighted by atomic mass is 15.3. The smallest absolute Gasteiger partial charge is 0.177 e. The van der Waals surface area contributed by atoms with Crippen LogP contribution < -0.4 is 0 Å². The Labute approximate surface area is 155 Å². The first kappa shape index (κ1) is 15.5. The minimum absolute atomic E-state index is 0.766. The van der Waals surface area contributed by atoms with Gasteiger partial charge in [-0.1, -0.05) is 12.1 Å². The zero-order valence-corrected chi connectivity index (χ0v) is 15.0. The van der Waals surface area contributed by atoms with E-state index in [0.29, 0.717) is 0 Å². The van der Waals surface area contributed by atoms with Gasteiger partial charge < -0.3 is 4.98 Å². The van der Waals surface area contributed by atoms with E-state index in [2.05, 4.69) is 39.2 Å². The third kappa shape index (κ3) is 2.60. The number of pyridine rings is 1. The van der Waals surface area contributed by atoms with Crippen LogP contribution in [0.15, 0.2) is 61.2 Å². The lowest BCUT2D eigenvalue weighted by Crippen LogP contribution is -1.94. The van der Waals surface area contributed by atoms with Crippen molar-refractivity contribution in [2.75, 3.05) is 0 Å². The van der Waals surface area contributed by atoms with Gasteiger partial charge in [-0.15, -0.1) is 0 Å². The highest BCUT2D eigenvalue weighted by Gasteiger charge is 2.17. The second kappa shape index (κ2) is 5.91. The topological polar surface area (TPSA) is 77.2 Å². The van der Waals surface area contributed by atoms with Crippen LogP contribution in [-0.4, -0.2) is 34.5 Å². The normalized spacial score (nSPS) is 11.3. The van der Waals surface area contributed by atoms with Crippen molar-refractivity contribution >= 4 is 11.2 Å². The molecule has 5 aromatic rings. The molecule has 0 atom stereocenters. The third-order valence-corrected chi connectivity index (χ3v) is 4.54. The largest absolute Gasteiger partial charge is 0.335 e. The molecular weight excluding hydrogens is 338 g/mol. The van der Waals surface area contributed by atoms with Crippen LogP contribution in [0.5, 0.6) is 0 Å². The van der Waals surface area contributed by atoms with E-state index in [1.165, 1.54) is 5.56 Å². The number of nitrogens with one attached hydrogen (secondary N) is 1. The molecule has 0 unspecified atom stereocenters. The van der Waals surface area contributed by atoms with Gasteiger partial charge in [0.25, 0.3) is 0 Å². The first-order valence-corrected chi connectivity index (χ1v) is 8.64. The molecule has 0 saturated heterocycles. The molecule has 0 spiro atoms. The second-order valence-corrected chi connectivity index (χ2v) is 6.51. The maximum atomic E-state index is 4.72. The van der Waals surface area contributed by atoms with Crippen molar-refractivity contribution in [1.82, 2.24) is 34.5 Å². The highest BCUT2D eigenvalue weighted by molar-refractivity contribution is 5.90. The highest BCUT2D eigenvalue weighted by Crippen LogP contribution is 2.28. The summed E-state index contributed by atoms with van der Waals surface area (Å²) in [5.74, 6) is 0.766. The van der Waals surface area contributed by atoms with Gasteiger partial charge in [-0.25, -0.2) is 14.3 Å². The van der Waals surface area contributed by atoms with Crippen molar-refractivity contribution < 1.29 is 0 Å². The minimum Gasteiger partial charge on any atom is -0.335 e. The van der Waals surface area contributed by atoms with Gasteiger partial charge in [0.2, 0.25) is 0 Å². The number of rotatable bonds is 3. The zero-order chi connectivity index (χ0) is 18.4. The van der Waals surface area contributed by atoms with Crippen molar-refractivity contribution in [1.29, 1.82) is 0 Å². The van der Waals surface area contributed by atoms with Gasteiger partial charge in [0.15, 0.2) is 5.65 Å². The van der Waals surface area contributed by atoms with Crippen LogP contribution in [0, 0.1) is 6.92 Å². The fourth-order valence-electron chi connectivity index (χ4n) is 3.21. The van der Waals surface area contributed by atoms with Crippen molar-refractivity contribution in [2.24, 2.45) is 7.05 Å². The molecule has 7 heteroatoms. The number of imidazole rings is 1. The molecule has 4 aromatic heterocycles. The summed E-state index contributed by atoms with van der Waals surface area (Å²) in [6.45, 7) is 2.07. The molecule has 7 nitrogen and oxygen atoms in total. The lowest BCUT2D eigenvalue weighted by atomic mass is 10.2. The van der Waals surface area contributed by atoms with Gasteiger partial charge >= 0.3 is 0 Å². The molecule has 132 valence electrons. The van der Waals surface area contributed by atoms with Gasteiger partial charge in [-0.2, -0.15) is 10.2 Å². The lowest BCUT2D eigenvalue weighted by molar-refractivity contribution is 0.790. The number of nitrogens with zero attached hydrogens (tertiary/aromatic N) is 6. The van der Waals surface area contributed by atoms with Crippen LogP contribution in [0.4, 0.5) is 0 Å². The summed E-state index contributed by atoms with van der Waals surface area (Å²) < 4.78 is 3.64. The summed E-state index contributed by atoms with van der Waals surface area (Å²) in [4.78, 5) is 12.3. The fraction of sp³-hybridized carbons (Fsp3) is 0.100. The second-order valence-electron chi connectivity index (χ2n) is 6.51. The van der Waals surface area contributed by atoms with Gasteiger partial charge in [-0.05, 0) is 36.8 Å². The molecule has 0 aliphatic rings. The van der Waals surface area contributed by atoms with E-state index in [1.54, 1.807) is 17.1 Å². The first-order valence-electron chi connectivity index (χ1n) is 8.64. The number of hydrogen-bond donors (Lipinski definition) is 1. The van der Waals surface area contributed by atoms with Crippen LogP contribution >= 0.6 is 0 Å². The van der Waals surface area contributed by atoms with Crippen molar-refractivity contribution in [3.63, 3.8) is 0 Å². The van der Waals surface area contributed by atoms with Crippen LogP contribution in [0.3, 0.4) is 0 Å². The monoisotopic (exact) mass is 355 g/mol. The van der Waals surface area contributed by atoms with Crippen LogP contribution in [0.2, 0.25) is 0 Å². The molecule has 1 N–H and O–H groups in total. The van der Waals surface area contributed by atoms with E-state index >= 15 is 0 Å². The predicted octanol–water partition coefficient (Wildman–Crippen LogP) is 3.52. The summed E-state index contributed by atoms with van der Waals surface area (Å²) in [6, 6.07) is 12.1. The zero-order valence-electron chi connectivity index (χ0n) is 15.0. The Morgan fingerprint density at radius 1 is 1.04 bits per heavy atom. The average molecular weight is 355 g/mol. The van der Waals surface area contributed by atoms with Crippen molar-refractivity contribution in [2.45, 2.75) is 6.92 Å². The molecule has 0 saturated carbocycles. The Morgan fingerprint density at radius 2 is 1.96 bits per heavy atom. The van der Waals surface area contributed by atoms with E-state index < -0.39 is 0 Å². The predicted molar refractivity (Wildman–Crippen MR) is 103 cm³/mol. The molecule has 27 heavy (non-hydrogen) atoms. The Bertz CT molecular complexity index is 1240. The van der Waals surface area contributed by atoms with Crippen molar-refractivity contribution in [3.05, 3.63) is 66.7 Å². The van der Waals surface area contributed by atoms with Gasteiger partial charge in [0.1, 0.15) is 17.0 Å². The number of aromatic amines is 1. The van der Waals surface area contributed by atoms with Crippen LogP contribution in [0.25, 0.3) is 39.5 Å². The molecule has 0 radical (unpaired) electrons. The molecule has 0 aliphatic carbocycles. The maximum absolute atomic E-state index is 4.72. The lowest BCUT2D eigenvalue weighted by Gasteiger charge is -2.01. The quantitative estimate of drug-likeness (QED) is 0.537. The van der Waals surface area contributed by atoms with E-state index in [4.69, 9.17) is 4.98 Å². The summed E-state index contributed by atoms with van der Waals surface area (Å²) in [7, 11) is 1.89. The Hall–Kier alpha value is -3.74. The van der Waals surface area contributed by atoms with E-state index in [9.17, 15) is 0 Å². The van der Waals surface area contributed by atoms with Gasteiger partial charge in [0.05, 0.1) is 17.4 Å². The Kier molecular flexibility index (Phi) is 3.39. The molecule has 4 heterocycles. The van der Waals surface area contributed by atoms with Gasteiger partial charge in [0, 0.05) is 31.2 Å². The molecule has 0 bridgehead atoms. The van der Waals surface area contributed by atoms with Crippen LogP contribution in [-0.2, 0) is 7.05 Å². The minimum atomic E-state index is 0.766. The molecule has 0 fully saturated rings. The van der Waals surface area contributed by atoms with E-state index in [1.807, 2.05) is 48.4 Å². The van der Waals surface area contributed by atoms with Crippen LogP contribution in [0.1, 0.15) is 5.56 Å². The third-order valence-electron chi connectivity index (χ3n) is 4.54. The Morgan fingerprint density at radius 3 is 2.78 bits per heavy atom. The number of benzene rings is 1. The average Bonchev–Trinajstić information content (AvgIpc) is 3.39. The molecular formula is C20H17N7. The molecule has 0 aliphatic heterocycles. The van der Waals surface area contributed by atoms with E-state index in [0.717, 1.165) is 39.5 Å². The number of aryl methyl sites for hydroxylation is 2. The summed E-state index contributed by atoms with van der Waals surface area (Å²) in [5.41, 5.74) is 6.62. The summed E-state index contributed by atoms with van der Waals surface area (Å²) in [5, 5.41) is 9.07. The number of fused-ring (bicyclic) bond motifs is 1. The number of hydrogen-bond acceptors (Lipinski definition) is 4. The maximum Gasteiger partial charge on any atom is 0.177 e. The summed E-state index contributed by atoms with van der Waals surface area (Å²) >= 11 is 0. The molecule has 5 rings (SSSR count). The number of aromatic nitrogens is 7. The molecule has 1 aromatic carbocycles. The Balaban J connectivity index is 1.59. The summed E-state index contributed by atoms with van der Waals surface area (Å²) in [6.07, 6.45) is 7.35. The van der Waals surface area contributed by atoms with E-state index in [-0.39, 0.29) is 0 Å². The standard InChI is InChI=1S/C20H17N7/c1-13-5-3-7-16(9-13)27-12-15(11-22-27)19-23-18-17(14-6-4-8-21-10-14)25-26(2)20(18)24-19/h3-12H,1-2H3,(H,23,24). The van der Waals surface area contributed by atoms with Crippen molar-refractivity contribution in [3.8, 4) is 28.3 Å². The fourth-order valence-corrected chi connectivity index (χ4v) is 3.21. The number of H-pyrrole nitrogens is 1.